The lowest BCUT2D eigenvalue weighted by molar-refractivity contribution is 0.318. The van der Waals surface area contributed by atoms with E-state index in [1.807, 2.05) is 18.2 Å². The molecular weight excluding hydrogens is 262 g/mol. The van der Waals surface area contributed by atoms with Gasteiger partial charge in [0.1, 0.15) is 0 Å². The lowest BCUT2D eigenvalue weighted by Gasteiger charge is -2.16. The number of aromatic nitrogens is 1. The number of hydrogen-bond donors (Lipinski definition) is 2. The van der Waals surface area contributed by atoms with Crippen LogP contribution < -0.4 is 5.73 Å². The van der Waals surface area contributed by atoms with E-state index in [1.165, 1.54) is 31.1 Å². The second kappa shape index (κ2) is 7.16. The highest BCUT2D eigenvalue weighted by Gasteiger charge is 2.10. The summed E-state index contributed by atoms with van der Waals surface area (Å²) in [7, 11) is 0. The summed E-state index contributed by atoms with van der Waals surface area (Å²) in [5.41, 5.74) is 7.59. The summed E-state index contributed by atoms with van der Waals surface area (Å²) in [5.74, 6) is 0.857. The molecule has 1 aromatic heterocycles. The van der Waals surface area contributed by atoms with E-state index in [-0.39, 0.29) is 5.84 Å². The third-order valence-corrected chi connectivity index (χ3v) is 4.18. The Balaban J connectivity index is 2.27. The standard InChI is InChI=1S/C17H25N3O/c1-3-5-6-13(4-2)12-20-10-9-14-7-8-15(11-16(14)20)17(18)19-21/h7-11,13,21H,3-6,12H2,1-2H3,(H2,18,19). The molecule has 0 bridgehead atoms. The summed E-state index contributed by atoms with van der Waals surface area (Å²) in [5, 5.41) is 13.1. The monoisotopic (exact) mass is 287 g/mol. The molecule has 4 heteroatoms. The normalized spacial score (nSPS) is 13.7. The van der Waals surface area contributed by atoms with Crippen LogP contribution in [0.25, 0.3) is 10.9 Å². The highest BCUT2D eigenvalue weighted by molar-refractivity contribution is 6.00. The van der Waals surface area contributed by atoms with E-state index in [0.717, 1.165) is 17.6 Å². The summed E-state index contributed by atoms with van der Waals surface area (Å²) in [4.78, 5) is 0. The Labute approximate surface area is 126 Å². The van der Waals surface area contributed by atoms with Gasteiger partial charge in [-0.05, 0) is 29.9 Å². The van der Waals surface area contributed by atoms with Crippen molar-refractivity contribution in [1.29, 1.82) is 0 Å². The summed E-state index contributed by atoms with van der Waals surface area (Å²) in [6.07, 6.45) is 7.13. The number of benzene rings is 1. The Morgan fingerprint density at radius 1 is 1.33 bits per heavy atom. The molecule has 1 unspecified atom stereocenters. The van der Waals surface area contributed by atoms with E-state index in [2.05, 4.69) is 35.8 Å². The highest BCUT2D eigenvalue weighted by atomic mass is 16.4. The second-order valence-corrected chi connectivity index (χ2v) is 5.64. The first-order valence-electron chi connectivity index (χ1n) is 7.76. The maximum absolute atomic E-state index is 8.82. The van der Waals surface area contributed by atoms with E-state index < -0.39 is 0 Å². The Kier molecular flexibility index (Phi) is 5.26. The van der Waals surface area contributed by atoms with Crippen LogP contribution in [0, 0.1) is 5.92 Å². The molecule has 2 aromatic rings. The van der Waals surface area contributed by atoms with Crippen molar-refractivity contribution in [2.24, 2.45) is 16.8 Å². The Morgan fingerprint density at radius 3 is 2.81 bits per heavy atom. The van der Waals surface area contributed by atoms with Crippen molar-refractivity contribution in [3.63, 3.8) is 0 Å². The maximum atomic E-state index is 8.82. The molecule has 0 aliphatic carbocycles. The SMILES string of the molecule is CCCCC(CC)Cn1ccc2ccc(/C(N)=N/O)cc21. The molecule has 21 heavy (non-hydrogen) atoms. The topological polar surface area (TPSA) is 63.5 Å². The van der Waals surface area contributed by atoms with E-state index in [9.17, 15) is 0 Å². The number of nitrogens with zero attached hydrogens (tertiary/aromatic N) is 2. The molecule has 1 aromatic carbocycles. The number of oxime groups is 1. The lowest BCUT2D eigenvalue weighted by Crippen LogP contribution is -2.13. The summed E-state index contributed by atoms with van der Waals surface area (Å²) >= 11 is 0. The Hall–Kier alpha value is -1.97. The largest absolute Gasteiger partial charge is 0.409 e. The second-order valence-electron chi connectivity index (χ2n) is 5.64. The van der Waals surface area contributed by atoms with Crippen molar-refractivity contribution >= 4 is 16.7 Å². The average Bonchev–Trinajstić information content (AvgIpc) is 2.92. The van der Waals surface area contributed by atoms with Gasteiger partial charge in [-0.3, -0.25) is 0 Å². The van der Waals surface area contributed by atoms with Gasteiger partial charge >= 0.3 is 0 Å². The van der Waals surface area contributed by atoms with E-state index in [1.54, 1.807) is 0 Å². The summed E-state index contributed by atoms with van der Waals surface area (Å²) in [6, 6.07) is 8.02. The van der Waals surface area contributed by atoms with Crippen LogP contribution in [0.1, 0.15) is 45.1 Å². The van der Waals surface area contributed by atoms with Gasteiger partial charge in [0.2, 0.25) is 0 Å². The molecule has 0 spiro atoms. The van der Waals surface area contributed by atoms with Crippen LogP contribution in [0.4, 0.5) is 0 Å². The zero-order valence-electron chi connectivity index (χ0n) is 12.9. The van der Waals surface area contributed by atoms with Gasteiger partial charge in [-0.25, -0.2) is 0 Å². The van der Waals surface area contributed by atoms with E-state index in [4.69, 9.17) is 10.9 Å². The smallest absolute Gasteiger partial charge is 0.170 e. The summed E-state index contributed by atoms with van der Waals surface area (Å²) < 4.78 is 2.29. The lowest BCUT2D eigenvalue weighted by atomic mass is 9.99. The van der Waals surface area contributed by atoms with Crippen LogP contribution in [-0.2, 0) is 6.54 Å². The average molecular weight is 287 g/mol. The van der Waals surface area contributed by atoms with Gasteiger partial charge in [0, 0.05) is 23.8 Å². The van der Waals surface area contributed by atoms with Gasteiger partial charge in [-0.15, -0.1) is 0 Å². The molecule has 0 amide bonds. The molecule has 1 heterocycles. The van der Waals surface area contributed by atoms with Crippen LogP contribution in [0.3, 0.4) is 0 Å². The van der Waals surface area contributed by atoms with Crippen LogP contribution in [-0.4, -0.2) is 15.6 Å². The quantitative estimate of drug-likeness (QED) is 0.350. The van der Waals surface area contributed by atoms with Gasteiger partial charge in [-0.1, -0.05) is 50.4 Å². The highest BCUT2D eigenvalue weighted by Crippen LogP contribution is 2.22. The number of hydrogen-bond acceptors (Lipinski definition) is 2. The van der Waals surface area contributed by atoms with Crippen molar-refractivity contribution in [1.82, 2.24) is 4.57 Å². The zero-order chi connectivity index (χ0) is 15.2. The van der Waals surface area contributed by atoms with Crippen molar-refractivity contribution < 1.29 is 5.21 Å². The maximum Gasteiger partial charge on any atom is 0.170 e. The molecule has 0 aliphatic heterocycles. The van der Waals surface area contributed by atoms with Crippen LogP contribution in [0.2, 0.25) is 0 Å². The number of amidine groups is 1. The zero-order valence-corrected chi connectivity index (χ0v) is 12.9. The fourth-order valence-corrected chi connectivity index (χ4v) is 2.76. The van der Waals surface area contributed by atoms with E-state index in [0.29, 0.717) is 5.92 Å². The third-order valence-electron chi connectivity index (χ3n) is 4.18. The molecule has 0 fully saturated rings. The molecule has 3 N–H and O–H groups in total. The number of fused-ring (bicyclic) bond motifs is 1. The van der Waals surface area contributed by atoms with Crippen molar-refractivity contribution in [2.45, 2.75) is 46.1 Å². The Bertz CT molecular complexity index is 616. The molecule has 2 rings (SSSR count). The van der Waals surface area contributed by atoms with Gasteiger partial charge in [0.25, 0.3) is 0 Å². The Morgan fingerprint density at radius 2 is 2.14 bits per heavy atom. The summed E-state index contributed by atoms with van der Waals surface area (Å²) in [6.45, 7) is 5.52. The first-order chi connectivity index (χ1) is 10.2. The predicted octanol–water partition coefficient (Wildman–Crippen LogP) is 3.95. The molecule has 4 nitrogen and oxygen atoms in total. The number of unbranched alkanes of at least 4 members (excludes halogenated alkanes) is 1. The van der Waals surface area contributed by atoms with Crippen molar-refractivity contribution in [2.75, 3.05) is 0 Å². The fraction of sp³-hybridized carbons (Fsp3) is 0.471. The molecule has 0 radical (unpaired) electrons. The fourth-order valence-electron chi connectivity index (χ4n) is 2.76. The number of nitrogens with two attached hydrogens (primary N) is 1. The molecule has 114 valence electrons. The molecular formula is C17H25N3O. The molecule has 1 atom stereocenters. The van der Waals surface area contributed by atoms with Crippen LogP contribution >= 0.6 is 0 Å². The molecule has 0 saturated heterocycles. The minimum atomic E-state index is 0.155. The first-order valence-corrected chi connectivity index (χ1v) is 7.76. The van der Waals surface area contributed by atoms with Crippen LogP contribution in [0.5, 0.6) is 0 Å². The number of rotatable bonds is 7. The first kappa shape index (κ1) is 15.4. The van der Waals surface area contributed by atoms with Gasteiger partial charge < -0.3 is 15.5 Å². The van der Waals surface area contributed by atoms with Gasteiger partial charge in [-0.2, -0.15) is 0 Å². The third kappa shape index (κ3) is 3.57. The van der Waals surface area contributed by atoms with Crippen molar-refractivity contribution in [3.8, 4) is 0 Å². The van der Waals surface area contributed by atoms with Crippen molar-refractivity contribution in [3.05, 3.63) is 36.0 Å². The molecule has 0 aliphatic rings. The van der Waals surface area contributed by atoms with Gasteiger partial charge in [0.15, 0.2) is 5.84 Å². The van der Waals surface area contributed by atoms with E-state index >= 15 is 0 Å². The minimum Gasteiger partial charge on any atom is -0.409 e. The van der Waals surface area contributed by atoms with Gasteiger partial charge in [0.05, 0.1) is 0 Å². The molecule has 0 saturated carbocycles. The minimum absolute atomic E-state index is 0.155. The van der Waals surface area contributed by atoms with Crippen LogP contribution in [0.15, 0.2) is 35.6 Å². The predicted molar refractivity (Wildman–Crippen MR) is 87.8 cm³/mol.